The fourth-order valence-electron chi connectivity index (χ4n) is 0.932. The number of phenolic OH excluding ortho intramolecular Hbond substituents is 2. The number of rotatable bonds is 2. The first-order valence-electron chi connectivity index (χ1n) is 3.88. The summed E-state index contributed by atoms with van der Waals surface area (Å²) in [6.45, 7) is 2.88. The molecule has 0 radical (unpaired) electrons. The van der Waals surface area contributed by atoms with Crippen LogP contribution in [0.15, 0.2) is 18.2 Å². The van der Waals surface area contributed by atoms with E-state index in [1.54, 1.807) is 12.1 Å². The fraction of sp³-hybridized carbons (Fsp3) is 0.333. The zero-order chi connectivity index (χ0) is 9.14. The van der Waals surface area contributed by atoms with Gasteiger partial charge in [0.25, 0.3) is 0 Å². The summed E-state index contributed by atoms with van der Waals surface area (Å²) in [5.74, 6) is -0.156. The molecule has 0 heterocycles. The summed E-state index contributed by atoms with van der Waals surface area (Å²) in [7, 11) is 1.92. The molecule has 0 aliphatic rings. The van der Waals surface area contributed by atoms with Gasteiger partial charge in [-0.25, -0.2) is 0 Å². The van der Waals surface area contributed by atoms with Crippen LogP contribution < -0.4 is 4.90 Å². The molecule has 12 heavy (non-hydrogen) atoms. The van der Waals surface area contributed by atoms with Crippen LogP contribution in [0.4, 0.5) is 5.69 Å². The van der Waals surface area contributed by atoms with E-state index in [0.717, 1.165) is 12.2 Å². The maximum Gasteiger partial charge on any atom is 0.159 e. The molecule has 0 atom stereocenters. The van der Waals surface area contributed by atoms with Crippen LogP contribution in [0, 0.1) is 0 Å². The highest BCUT2D eigenvalue weighted by atomic mass is 16.3. The molecule has 0 aliphatic heterocycles. The Labute approximate surface area is 71.9 Å². The van der Waals surface area contributed by atoms with Crippen LogP contribution >= 0.6 is 0 Å². The van der Waals surface area contributed by atoms with Gasteiger partial charge in [-0.1, -0.05) is 0 Å². The summed E-state index contributed by atoms with van der Waals surface area (Å²) in [6, 6.07) is 4.79. The molecule has 1 rings (SSSR count). The van der Waals surface area contributed by atoms with Gasteiger partial charge < -0.3 is 15.1 Å². The minimum absolute atomic E-state index is 0.0761. The summed E-state index contributed by atoms with van der Waals surface area (Å²) in [5.41, 5.74) is 0.896. The van der Waals surface area contributed by atoms with Crippen molar-refractivity contribution in [1.29, 1.82) is 0 Å². The molecule has 0 saturated carbocycles. The molecule has 0 amide bonds. The van der Waals surface area contributed by atoms with Gasteiger partial charge in [-0.05, 0) is 19.1 Å². The van der Waals surface area contributed by atoms with Crippen LogP contribution in [0.1, 0.15) is 6.92 Å². The third-order valence-electron chi connectivity index (χ3n) is 1.87. The molecular formula is C9H13NO2. The second-order valence-corrected chi connectivity index (χ2v) is 2.69. The Kier molecular flexibility index (Phi) is 2.43. The molecule has 0 spiro atoms. The van der Waals surface area contributed by atoms with Crippen LogP contribution in [-0.2, 0) is 0 Å². The lowest BCUT2D eigenvalue weighted by Crippen LogP contribution is -2.15. The highest BCUT2D eigenvalue weighted by Crippen LogP contribution is 2.28. The quantitative estimate of drug-likeness (QED) is 0.657. The molecule has 0 aliphatic carbocycles. The summed E-state index contributed by atoms with van der Waals surface area (Å²) in [6.07, 6.45) is 0. The van der Waals surface area contributed by atoms with Gasteiger partial charge in [0.05, 0.1) is 0 Å². The van der Waals surface area contributed by atoms with Crippen LogP contribution in [-0.4, -0.2) is 23.8 Å². The molecular weight excluding hydrogens is 154 g/mol. The topological polar surface area (TPSA) is 43.7 Å². The third kappa shape index (κ3) is 1.61. The Morgan fingerprint density at radius 3 is 2.42 bits per heavy atom. The van der Waals surface area contributed by atoms with Gasteiger partial charge in [0.2, 0.25) is 0 Å². The van der Waals surface area contributed by atoms with Gasteiger partial charge in [0, 0.05) is 25.3 Å². The van der Waals surface area contributed by atoms with Gasteiger partial charge in [-0.3, -0.25) is 0 Å². The normalized spacial score (nSPS) is 9.83. The summed E-state index contributed by atoms with van der Waals surface area (Å²) in [4.78, 5) is 1.97. The van der Waals surface area contributed by atoms with Crippen molar-refractivity contribution in [3.05, 3.63) is 18.2 Å². The number of benzene rings is 1. The summed E-state index contributed by atoms with van der Waals surface area (Å²) < 4.78 is 0. The van der Waals surface area contributed by atoms with E-state index in [0.29, 0.717) is 0 Å². The fourth-order valence-corrected chi connectivity index (χ4v) is 0.932. The minimum Gasteiger partial charge on any atom is -0.504 e. The van der Waals surface area contributed by atoms with Crippen molar-refractivity contribution < 1.29 is 10.2 Å². The Morgan fingerprint density at radius 1 is 1.25 bits per heavy atom. The van der Waals surface area contributed by atoms with Gasteiger partial charge in [0.15, 0.2) is 11.5 Å². The van der Waals surface area contributed by atoms with Crippen molar-refractivity contribution in [1.82, 2.24) is 0 Å². The van der Waals surface area contributed by atoms with E-state index in [-0.39, 0.29) is 11.5 Å². The van der Waals surface area contributed by atoms with Crippen molar-refractivity contribution in [3.8, 4) is 11.5 Å². The summed E-state index contributed by atoms with van der Waals surface area (Å²) >= 11 is 0. The smallest absolute Gasteiger partial charge is 0.159 e. The number of nitrogens with zero attached hydrogens (tertiary/aromatic N) is 1. The van der Waals surface area contributed by atoms with E-state index >= 15 is 0 Å². The molecule has 3 nitrogen and oxygen atoms in total. The predicted octanol–water partition coefficient (Wildman–Crippen LogP) is 1.55. The Hall–Kier alpha value is -1.38. The van der Waals surface area contributed by atoms with Crippen molar-refractivity contribution in [2.45, 2.75) is 6.92 Å². The largest absolute Gasteiger partial charge is 0.504 e. The Morgan fingerprint density at radius 2 is 1.92 bits per heavy atom. The second kappa shape index (κ2) is 3.34. The molecule has 2 N–H and O–H groups in total. The molecule has 0 bridgehead atoms. The van der Waals surface area contributed by atoms with E-state index in [4.69, 9.17) is 10.2 Å². The Balaban J connectivity index is 2.96. The standard InChI is InChI=1S/C9H13NO2/c1-3-10(2)7-4-5-8(11)9(12)6-7/h4-6,11-12H,3H2,1-2H3. The number of aromatic hydroxyl groups is 2. The number of anilines is 1. The first-order valence-corrected chi connectivity index (χ1v) is 3.88. The van der Waals surface area contributed by atoms with Gasteiger partial charge in [-0.15, -0.1) is 0 Å². The van der Waals surface area contributed by atoms with Crippen molar-refractivity contribution in [3.63, 3.8) is 0 Å². The van der Waals surface area contributed by atoms with Crippen LogP contribution in [0.3, 0.4) is 0 Å². The molecule has 0 unspecified atom stereocenters. The number of phenols is 2. The maximum atomic E-state index is 9.17. The molecule has 0 aromatic heterocycles. The van der Waals surface area contributed by atoms with Crippen molar-refractivity contribution >= 4 is 5.69 Å². The first kappa shape index (κ1) is 8.71. The monoisotopic (exact) mass is 167 g/mol. The average Bonchev–Trinajstić information content (AvgIpc) is 2.08. The third-order valence-corrected chi connectivity index (χ3v) is 1.87. The van der Waals surface area contributed by atoms with Gasteiger partial charge >= 0.3 is 0 Å². The lowest BCUT2D eigenvalue weighted by molar-refractivity contribution is 0.404. The predicted molar refractivity (Wildman–Crippen MR) is 48.7 cm³/mol. The summed E-state index contributed by atoms with van der Waals surface area (Å²) in [5, 5.41) is 18.2. The van der Waals surface area contributed by atoms with E-state index < -0.39 is 0 Å². The molecule has 0 fully saturated rings. The number of hydrogen-bond donors (Lipinski definition) is 2. The average molecular weight is 167 g/mol. The Bertz CT molecular complexity index is 273. The number of hydrogen-bond acceptors (Lipinski definition) is 3. The molecule has 1 aromatic carbocycles. The minimum atomic E-state index is -0.0803. The molecule has 66 valence electrons. The zero-order valence-corrected chi connectivity index (χ0v) is 7.28. The molecule has 3 heteroatoms. The first-order chi connectivity index (χ1) is 5.65. The van der Waals surface area contributed by atoms with Crippen LogP contribution in [0.2, 0.25) is 0 Å². The maximum absolute atomic E-state index is 9.17. The van der Waals surface area contributed by atoms with E-state index in [9.17, 15) is 0 Å². The van der Waals surface area contributed by atoms with Crippen molar-refractivity contribution in [2.24, 2.45) is 0 Å². The lowest BCUT2D eigenvalue weighted by Gasteiger charge is -2.16. The van der Waals surface area contributed by atoms with E-state index in [1.165, 1.54) is 6.07 Å². The second-order valence-electron chi connectivity index (χ2n) is 2.69. The molecule has 0 saturated heterocycles. The molecule has 1 aromatic rings. The van der Waals surface area contributed by atoms with Crippen LogP contribution in [0.25, 0.3) is 0 Å². The van der Waals surface area contributed by atoms with Crippen LogP contribution in [0.5, 0.6) is 11.5 Å². The zero-order valence-electron chi connectivity index (χ0n) is 7.28. The van der Waals surface area contributed by atoms with E-state index in [1.807, 2.05) is 18.9 Å². The van der Waals surface area contributed by atoms with Crippen molar-refractivity contribution in [2.75, 3.05) is 18.5 Å². The van der Waals surface area contributed by atoms with Gasteiger partial charge in [-0.2, -0.15) is 0 Å². The van der Waals surface area contributed by atoms with E-state index in [2.05, 4.69) is 0 Å². The SMILES string of the molecule is CCN(C)c1ccc(O)c(O)c1. The highest BCUT2D eigenvalue weighted by molar-refractivity contribution is 5.54. The highest BCUT2D eigenvalue weighted by Gasteiger charge is 2.02. The lowest BCUT2D eigenvalue weighted by atomic mass is 10.2. The van der Waals surface area contributed by atoms with Gasteiger partial charge in [0.1, 0.15) is 0 Å².